The summed E-state index contributed by atoms with van der Waals surface area (Å²) >= 11 is 3.58. The summed E-state index contributed by atoms with van der Waals surface area (Å²) in [5.41, 5.74) is 3.97. The molecule has 1 aliphatic carbocycles. The number of hydroxylamine groups is 1. The van der Waals surface area contributed by atoms with Gasteiger partial charge in [-0.05, 0) is 40.9 Å². The van der Waals surface area contributed by atoms with Crippen LogP contribution in [-0.2, 0) is 4.84 Å². The number of para-hydroxylation sites is 1. The van der Waals surface area contributed by atoms with Crippen LogP contribution >= 0.6 is 15.9 Å². The summed E-state index contributed by atoms with van der Waals surface area (Å²) in [5.74, 6) is 2.49. The Balaban J connectivity index is 1.32. The van der Waals surface area contributed by atoms with Gasteiger partial charge in [0.2, 0.25) is 5.96 Å². The lowest BCUT2D eigenvalue weighted by Gasteiger charge is -2.36. The first-order chi connectivity index (χ1) is 12.3. The second-order valence-corrected chi connectivity index (χ2v) is 7.56. The van der Waals surface area contributed by atoms with Crippen molar-refractivity contribution in [3.8, 4) is 0 Å². The standard InChI is InChI=1S/C17H19BrN6O/c18-13-3-1-2-12-14(13)19-10-20-15(12)23-6-8-24(9-7-23)17-21-16(25-22-17)11-4-5-11/h1-3,10-11,16H,4-9H2,(H,21,22). The Bertz CT molecular complexity index is 831. The Hall–Kier alpha value is -1.93. The highest BCUT2D eigenvalue weighted by molar-refractivity contribution is 9.10. The predicted molar refractivity (Wildman–Crippen MR) is 99.2 cm³/mol. The van der Waals surface area contributed by atoms with Gasteiger partial charge >= 0.3 is 0 Å². The van der Waals surface area contributed by atoms with Gasteiger partial charge < -0.3 is 9.80 Å². The number of fused-ring (bicyclic) bond motifs is 1. The minimum absolute atomic E-state index is 0.0104. The van der Waals surface area contributed by atoms with Crippen LogP contribution in [0.2, 0.25) is 0 Å². The van der Waals surface area contributed by atoms with Crippen LogP contribution in [0.15, 0.2) is 34.0 Å². The molecule has 1 saturated carbocycles. The summed E-state index contributed by atoms with van der Waals surface area (Å²) in [7, 11) is 0. The maximum atomic E-state index is 5.59. The third-order valence-electron chi connectivity index (χ3n) is 5.02. The number of anilines is 1. The van der Waals surface area contributed by atoms with Gasteiger partial charge in [-0.2, -0.15) is 0 Å². The van der Waals surface area contributed by atoms with Crippen LogP contribution in [0.1, 0.15) is 12.8 Å². The van der Waals surface area contributed by atoms with Crippen LogP contribution < -0.4 is 10.4 Å². The van der Waals surface area contributed by atoms with Crippen LogP contribution in [0, 0.1) is 5.92 Å². The van der Waals surface area contributed by atoms with Gasteiger partial charge in [-0.15, -0.1) is 0 Å². The molecule has 8 heteroatoms. The zero-order chi connectivity index (χ0) is 16.8. The molecule has 130 valence electrons. The Morgan fingerprint density at radius 3 is 2.68 bits per heavy atom. The zero-order valence-corrected chi connectivity index (χ0v) is 15.3. The molecule has 5 rings (SSSR count). The molecule has 1 atom stereocenters. The van der Waals surface area contributed by atoms with E-state index in [9.17, 15) is 0 Å². The summed E-state index contributed by atoms with van der Waals surface area (Å²) < 4.78 is 1.00. The molecule has 0 amide bonds. The van der Waals surface area contributed by atoms with Crippen molar-refractivity contribution >= 4 is 38.6 Å². The number of piperazine rings is 1. The van der Waals surface area contributed by atoms with Gasteiger partial charge in [-0.1, -0.05) is 6.07 Å². The van der Waals surface area contributed by atoms with E-state index in [0.717, 1.165) is 53.3 Å². The smallest absolute Gasteiger partial charge is 0.221 e. The molecular formula is C17H19BrN6O. The summed E-state index contributed by atoms with van der Waals surface area (Å²) in [6.45, 7) is 3.58. The van der Waals surface area contributed by atoms with Gasteiger partial charge in [-0.3, -0.25) is 0 Å². The molecule has 1 N–H and O–H groups in total. The van der Waals surface area contributed by atoms with Crippen molar-refractivity contribution < 1.29 is 4.84 Å². The van der Waals surface area contributed by atoms with E-state index >= 15 is 0 Å². The Morgan fingerprint density at radius 2 is 1.88 bits per heavy atom. The highest BCUT2D eigenvalue weighted by Crippen LogP contribution is 2.36. The first kappa shape index (κ1) is 15.3. The fourth-order valence-corrected chi connectivity index (χ4v) is 3.90. The van der Waals surface area contributed by atoms with Gasteiger partial charge in [0.1, 0.15) is 12.1 Å². The molecular weight excluding hydrogens is 384 g/mol. The highest BCUT2D eigenvalue weighted by atomic mass is 79.9. The van der Waals surface area contributed by atoms with Crippen LogP contribution in [0.3, 0.4) is 0 Å². The largest absolute Gasteiger partial charge is 0.352 e. The second kappa shape index (κ2) is 6.10. The molecule has 2 aromatic rings. The summed E-state index contributed by atoms with van der Waals surface area (Å²) in [6, 6.07) is 6.12. The van der Waals surface area contributed by atoms with Gasteiger partial charge in [0, 0.05) is 42.0 Å². The molecule has 7 nitrogen and oxygen atoms in total. The SMILES string of the molecule is Brc1cccc2c(N3CCN(C4=NC(C5CC5)ON4)CC3)ncnc12. The molecule has 0 bridgehead atoms. The molecule has 2 fully saturated rings. The molecule has 3 heterocycles. The molecule has 0 spiro atoms. The van der Waals surface area contributed by atoms with E-state index in [1.807, 2.05) is 12.1 Å². The number of aliphatic imine (C=N–C) groups is 1. The Labute approximate surface area is 154 Å². The maximum absolute atomic E-state index is 5.59. The number of aromatic nitrogens is 2. The first-order valence-electron chi connectivity index (χ1n) is 8.68. The lowest BCUT2D eigenvalue weighted by Crippen LogP contribution is -2.51. The minimum Gasteiger partial charge on any atom is -0.352 e. The van der Waals surface area contributed by atoms with Crippen molar-refractivity contribution in [1.29, 1.82) is 0 Å². The number of benzene rings is 1. The number of hydrogen-bond donors (Lipinski definition) is 1. The molecule has 25 heavy (non-hydrogen) atoms. The lowest BCUT2D eigenvalue weighted by molar-refractivity contribution is 0.0218. The van der Waals surface area contributed by atoms with Crippen molar-refractivity contribution in [1.82, 2.24) is 20.3 Å². The van der Waals surface area contributed by atoms with Crippen LogP contribution in [0.25, 0.3) is 10.9 Å². The van der Waals surface area contributed by atoms with Crippen molar-refractivity contribution in [3.63, 3.8) is 0 Å². The summed E-state index contributed by atoms with van der Waals surface area (Å²) in [4.78, 5) is 23.8. The molecule has 0 radical (unpaired) electrons. The zero-order valence-electron chi connectivity index (χ0n) is 13.7. The van der Waals surface area contributed by atoms with E-state index in [4.69, 9.17) is 9.83 Å². The van der Waals surface area contributed by atoms with Crippen molar-refractivity contribution in [2.75, 3.05) is 31.1 Å². The third-order valence-corrected chi connectivity index (χ3v) is 5.66. The van der Waals surface area contributed by atoms with E-state index < -0.39 is 0 Å². The van der Waals surface area contributed by atoms with E-state index in [-0.39, 0.29) is 6.23 Å². The Kier molecular flexibility index (Phi) is 3.74. The number of halogens is 1. The third kappa shape index (κ3) is 2.83. The Morgan fingerprint density at radius 1 is 1.08 bits per heavy atom. The molecule has 1 saturated heterocycles. The summed E-state index contributed by atoms with van der Waals surface area (Å²) in [5, 5.41) is 1.08. The number of hydrogen-bond acceptors (Lipinski definition) is 7. The lowest BCUT2D eigenvalue weighted by atomic mass is 10.2. The second-order valence-electron chi connectivity index (χ2n) is 6.71. The van der Waals surface area contributed by atoms with E-state index in [2.05, 4.69) is 47.2 Å². The van der Waals surface area contributed by atoms with Crippen LogP contribution in [0.5, 0.6) is 0 Å². The first-order valence-corrected chi connectivity index (χ1v) is 9.47. The van der Waals surface area contributed by atoms with E-state index in [1.54, 1.807) is 6.33 Å². The van der Waals surface area contributed by atoms with Crippen LogP contribution in [-0.4, -0.2) is 53.2 Å². The van der Waals surface area contributed by atoms with Crippen molar-refractivity contribution in [2.45, 2.75) is 19.1 Å². The molecule has 3 aliphatic rings. The topological polar surface area (TPSA) is 65.9 Å². The fraction of sp³-hybridized carbons (Fsp3) is 0.471. The monoisotopic (exact) mass is 402 g/mol. The van der Waals surface area contributed by atoms with E-state index in [0.29, 0.717) is 5.92 Å². The minimum atomic E-state index is 0.0104. The van der Waals surface area contributed by atoms with Gasteiger partial charge in [0.05, 0.1) is 5.52 Å². The average molecular weight is 403 g/mol. The average Bonchev–Trinajstić information content (AvgIpc) is 3.39. The van der Waals surface area contributed by atoms with Gasteiger partial charge in [-0.25, -0.2) is 25.3 Å². The molecule has 1 aromatic heterocycles. The molecule has 1 unspecified atom stereocenters. The van der Waals surface area contributed by atoms with E-state index in [1.165, 1.54) is 12.8 Å². The normalized spacial score (nSPS) is 23.7. The van der Waals surface area contributed by atoms with Crippen molar-refractivity contribution in [2.24, 2.45) is 10.9 Å². The predicted octanol–water partition coefficient (Wildman–Crippen LogP) is 2.14. The maximum Gasteiger partial charge on any atom is 0.221 e. The highest BCUT2D eigenvalue weighted by Gasteiger charge is 2.37. The van der Waals surface area contributed by atoms with Gasteiger partial charge in [0.25, 0.3) is 0 Å². The van der Waals surface area contributed by atoms with Crippen LogP contribution in [0.4, 0.5) is 5.82 Å². The number of rotatable bonds is 2. The number of nitrogens with zero attached hydrogens (tertiary/aromatic N) is 5. The summed E-state index contributed by atoms with van der Waals surface area (Å²) in [6.07, 6.45) is 4.11. The van der Waals surface area contributed by atoms with Crippen molar-refractivity contribution in [3.05, 3.63) is 29.0 Å². The quantitative estimate of drug-likeness (QED) is 0.829. The number of nitrogens with one attached hydrogen (secondary N) is 1. The van der Waals surface area contributed by atoms with Gasteiger partial charge in [0.15, 0.2) is 6.23 Å². The molecule has 2 aliphatic heterocycles. The fourth-order valence-electron chi connectivity index (χ4n) is 3.44. The molecule has 1 aromatic carbocycles. The number of guanidine groups is 1.